The molecule has 1 heterocycles. The summed E-state index contributed by atoms with van der Waals surface area (Å²) in [6, 6.07) is 8.37. The van der Waals surface area contributed by atoms with Gasteiger partial charge in [0.25, 0.3) is 0 Å². The number of piperazine rings is 1. The van der Waals surface area contributed by atoms with Crippen LogP contribution in [0.5, 0.6) is 5.75 Å². The summed E-state index contributed by atoms with van der Waals surface area (Å²) in [5.41, 5.74) is 1.28. The maximum Gasteiger partial charge on any atom is 0.120 e. The third-order valence-electron chi connectivity index (χ3n) is 3.94. The maximum absolute atomic E-state index is 5.30. The number of nitrogens with zero attached hydrogens (tertiary/aromatic N) is 2. The molecule has 1 aromatic rings. The van der Waals surface area contributed by atoms with Crippen molar-refractivity contribution >= 4 is 5.69 Å². The Morgan fingerprint density at radius 2 is 1.95 bits per heavy atom. The molecule has 1 aromatic carbocycles. The van der Waals surface area contributed by atoms with Crippen LogP contribution in [0.2, 0.25) is 0 Å². The van der Waals surface area contributed by atoms with Crippen molar-refractivity contribution in [3.63, 3.8) is 0 Å². The normalized spacial score (nSPS) is 16.4. The number of hydrogen-bond donors (Lipinski definition) is 1. The molecule has 20 heavy (non-hydrogen) atoms. The molecule has 0 bridgehead atoms. The molecule has 0 saturated carbocycles. The third-order valence-corrected chi connectivity index (χ3v) is 3.94. The maximum atomic E-state index is 5.30. The highest BCUT2D eigenvalue weighted by molar-refractivity contribution is 5.51. The number of ether oxygens (including phenoxy) is 1. The molecule has 0 unspecified atom stereocenters. The number of anilines is 1. The number of unbranched alkanes of at least 4 members (excludes halogenated alkanes) is 1. The van der Waals surface area contributed by atoms with Crippen molar-refractivity contribution in [2.24, 2.45) is 0 Å². The van der Waals surface area contributed by atoms with Gasteiger partial charge in [-0.1, -0.05) is 6.07 Å². The van der Waals surface area contributed by atoms with Gasteiger partial charge >= 0.3 is 0 Å². The highest BCUT2D eigenvalue weighted by Gasteiger charge is 2.16. The van der Waals surface area contributed by atoms with E-state index in [1.807, 2.05) is 13.1 Å². The zero-order valence-corrected chi connectivity index (χ0v) is 12.8. The topological polar surface area (TPSA) is 27.7 Å². The predicted octanol–water partition coefficient (Wildman–Crippen LogP) is 1.82. The van der Waals surface area contributed by atoms with Gasteiger partial charge < -0.3 is 15.0 Å². The smallest absolute Gasteiger partial charge is 0.120 e. The summed E-state index contributed by atoms with van der Waals surface area (Å²) in [6.45, 7) is 6.91. The lowest BCUT2D eigenvalue weighted by molar-refractivity contribution is 0.253. The highest BCUT2D eigenvalue weighted by atomic mass is 16.5. The standard InChI is InChI=1S/C16H27N3O/c1-17-8-3-4-9-18-10-12-19(13-11-18)15-6-5-7-16(14-15)20-2/h5-7,14,17H,3-4,8-13H2,1-2H3. The molecule has 4 nitrogen and oxygen atoms in total. The van der Waals surface area contributed by atoms with Gasteiger partial charge in [-0.15, -0.1) is 0 Å². The molecule has 0 radical (unpaired) electrons. The molecule has 0 amide bonds. The average Bonchev–Trinajstić information content (AvgIpc) is 2.52. The number of methoxy groups -OCH3 is 1. The molecule has 0 spiro atoms. The van der Waals surface area contributed by atoms with Crippen LogP contribution in [-0.4, -0.2) is 58.3 Å². The molecule has 0 atom stereocenters. The molecule has 1 fully saturated rings. The second-order valence-corrected chi connectivity index (χ2v) is 5.34. The Kier molecular flexibility index (Phi) is 6.15. The van der Waals surface area contributed by atoms with E-state index in [0.29, 0.717) is 0 Å². The van der Waals surface area contributed by atoms with Crippen LogP contribution in [0.15, 0.2) is 24.3 Å². The van der Waals surface area contributed by atoms with Crippen molar-refractivity contribution < 1.29 is 4.74 Å². The Morgan fingerprint density at radius 1 is 1.15 bits per heavy atom. The van der Waals surface area contributed by atoms with E-state index in [9.17, 15) is 0 Å². The minimum atomic E-state index is 0.942. The lowest BCUT2D eigenvalue weighted by atomic mass is 10.2. The first-order valence-corrected chi connectivity index (χ1v) is 7.59. The fourth-order valence-corrected chi connectivity index (χ4v) is 2.67. The van der Waals surface area contributed by atoms with Gasteiger partial charge in [-0.05, 0) is 45.1 Å². The second kappa shape index (κ2) is 8.12. The summed E-state index contributed by atoms with van der Waals surface area (Å²) >= 11 is 0. The number of rotatable bonds is 7. The number of hydrogen-bond acceptors (Lipinski definition) is 4. The Labute approximate surface area is 122 Å². The Bertz CT molecular complexity index is 389. The van der Waals surface area contributed by atoms with E-state index >= 15 is 0 Å². The van der Waals surface area contributed by atoms with E-state index in [1.165, 1.54) is 25.1 Å². The molecule has 112 valence electrons. The van der Waals surface area contributed by atoms with E-state index in [-0.39, 0.29) is 0 Å². The summed E-state index contributed by atoms with van der Waals surface area (Å²) in [6.07, 6.45) is 2.56. The number of nitrogens with one attached hydrogen (secondary N) is 1. The summed E-state index contributed by atoms with van der Waals surface area (Å²) < 4.78 is 5.30. The first-order valence-electron chi connectivity index (χ1n) is 7.59. The molecule has 1 saturated heterocycles. The van der Waals surface area contributed by atoms with Gasteiger partial charge in [-0.3, -0.25) is 4.90 Å². The summed E-state index contributed by atoms with van der Waals surface area (Å²) in [5, 5.41) is 3.21. The van der Waals surface area contributed by atoms with E-state index in [4.69, 9.17) is 4.74 Å². The highest BCUT2D eigenvalue weighted by Crippen LogP contribution is 2.22. The lowest BCUT2D eigenvalue weighted by Gasteiger charge is -2.36. The molecular weight excluding hydrogens is 250 g/mol. The molecule has 1 N–H and O–H groups in total. The zero-order chi connectivity index (χ0) is 14.2. The first kappa shape index (κ1) is 15.1. The minimum Gasteiger partial charge on any atom is -0.497 e. The number of benzene rings is 1. The Hall–Kier alpha value is -1.26. The van der Waals surface area contributed by atoms with Crippen LogP contribution in [-0.2, 0) is 0 Å². The Balaban J connectivity index is 1.76. The van der Waals surface area contributed by atoms with Gasteiger partial charge in [0.1, 0.15) is 5.75 Å². The SMILES string of the molecule is CNCCCCN1CCN(c2cccc(OC)c2)CC1. The fourth-order valence-electron chi connectivity index (χ4n) is 2.67. The largest absolute Gasteiger partial charge is 0.497 e. The lowest BCUT2D eigenvalue weighted by Crippen LogP contribution is -2.46. The van der Waals surface area contributed by atoms with E-state index in [2.05, 4.69) is 33.3 Å². The van der Waals surface area contributed by atoms with Crippen LogP contribution >= 0.6 is 0 Å². The van der Waals surface area contributed by atoms with Crippen LogP contribution in [0.25, 0.3) is 0 Å². The Morgan fingerprint density at radius 3 is 2.65 bits per heavy atom. The van der Waals surface area contributed by atoms with Gasteiger partial charge in [-0.2, -0.15) is 0 Å². The van der Waals surface area contributed by atoms with E-state index < -0.39 is 0 Å². The van der Waals surface area contributed by atoms with Crippen molar-refractivity contribution in [1.82, 2.24) is 10.2 Å². The molecule has 0 aromatic heterocycles. The third kappa shape index (κ3) is 4.39. The van der Waals surface area contributed by atoms with Crippen molar-refractivity contribution in [1.29, 1.82) is 0 Å². The van der Waals surface area contributed by atoms with Crippen LogP contribution in [0.3, 0.4) is 0 Å². The summed E-state index contributed by atoms with van der Waals surface area (Å²) in [4.78, 5) is 5.03. The molecule has 2 rings (SSSR count). The second-order valence-electron chi connectivity index (χ2n) is 5.34. The summed E-state index contributed by atoms with van der Waals surface area (Å²) in [7, 11) is 3.75. The summed E-state index contributed by atoms with van der Waals surface area (Å²) in [5.74, 6) is 0.942. The van der Waals surface area contributed by atoms with Crippen LogP contribution < -0.4 is 15.0 Å². The average molecular weight is 277 g/mol. The quantitative estimate of drug-likeness (QED) is 0.769. The van der Waals surface area contributed by atoms with Crippen LogP contribution in [0.4, 0.5) is 5.69 Å². The molecule has 4 heteroatoms. The zero-order valence-electron chi connectivity index (χ0n) is 12.8. The van der Waals surface area contributed by atoms with Gasteiger partial charge in [-0.25, -0.2) is 0 Å². The van der Waals surface area contributed by atoms with Crippen LogP contribution in [0, 0.1) is 0 Å². The van der Waals surface area contributed by atoms with Crippen molar-refractivity contribution in [3.8, 4) is 5.75 Å². The first-order chi connectivity index (χ1) is 9.83. The van der Waals surface area contributed by atoms with E-state index in [0.717, 1.165) is 38.5 Å². The molecule has 0 aliphatic carbocycles. The predicted molar refractivity (Wildman–Crippen MR) is 84.8 cm³/mol. The van der Waals surface area contributed by atoms with Crippen molar-refractivity contribution in [2.75, 3.05) is 58.3 Å². The molecule has 1 aliphatic heterocycles. The monoisotopic (exact) mass is 277 g/mol. The van der Waals surface area contributed by atoms with Crippen LogP contribution in [0.1, 0.15) is 12.8 Å². The van der Waals surface area contributed by atoms with E-state index in [1.54, 1.807) is 7.11 Å². The van der Waals surface area contributed by atoms with Crippen molar-refractivity contribution in [2.45, 2.75) is 12.8 Å². The van der Waals surface area contributed by atoms with Gasteiger partial charge in [0, 0.05) is 37.9 Å². The molecule has 1 aliphatic rings. The van der Waals surface area contributed by atoms with Gasteiger partial charge in [0.05, 0.1) is 7.11 Å². The molecular formula is C16H27N3O. The fraction of sp³-hybridized carbons (Fsp3) is 0.625. The van der Waals surface area contributed by atoms with Crippen molar-refractivity contribution in [3.05, 3.63) is 24.3 Å². The van der Waals surface area contributed by atoms with Gasteiger partial charge in [0.15, 0.2) is 0 Å². The minimum absolute atomic E-state index is 0.942. The van der Waals surface area contributed by atoms with Gasteiger partial charge in [0.2, 0.25) is 0 Å².